The number of halogens is 5. The van der Waals surface area contributed by atoms with Crippen LogP contribution in [0.2, 0.25) is 5.02 Å². The molecule has 0 aliphatic rings. The molecule has 8 heteroatoms. The number of hydrogen-bond acceptors (Lipinski definition) is 2. The highest BCUT2D eigenvalue weighted by molar-refractivity contribution is 6.34. The first-order valence-corrected chi connectivity index (χ1v) is 6.54. The third-order valence-corrected chi connectivity index (χ3v) is 3.57. The molecule has 3 aromatic rings. The van der Waals surface area contributed by atoms with Gasteiger partial charge in [-0.1, -0.05) is 11.6 Å². The molecule has 0 atom stereocenters. The normalized spacial score (nSPS) is 12.1. The highest BCUT2D eigenvalue weighted by Gasteiger charge is 2.35. The fourth-order valence-corrected chi connectivity index (χ4v) is 2.23. The summed E-state index contributed by atoms with van der Waals surface area (Å²) < 4.78 is 53.3. The van der Waals surface area contributed by atoms with Crippen molar-refractivity contribution < 1.29 is 17.6 Å². The molecule has 0 N–H and O–H groups in total. The highest BCUT2D eigenvalue weighted by Crippen LogP contribution is 2.34. The van der Waals surface area contributed by atoms with Crippen LogP contribution in [-0.2, 0) is 6.18 Å². The van der Waals surface area contributed by atoms with Gasteiger partial charge in [0.15, 0.2) is 11.3 Å². The lowest BCUT2D eigenvalue weighted by atomic mass is 10.1. The first kappa shape index (κ1) is 14.8. The third-order valence-electron chi connectivity index (χ3n) is 3.12. The molecule has 0 bridgehead atoms. The summed E-state index contributed by atoms with van der Waals surface area (Å²) in [6.07, 6.45) is -4.63. The molecule has 0 radical (unpaired) electrons. The Morgan fingerprint density at radius 3 is 2.36 bits per heavy atom. The van der Waals surface area contributed by atoms with Crippen LogP contribution in [0.25, 0.3) is 16.9 Å². The number of aryl methyl sites for hydroxylation is 1. The Morgan fingerprint density at radius 1 is 1.14 bits per heavy atom. The maximum absolute atomic E-state index is 13.2. The zero-order chi connectivity index (χ0) is 16.1. The number of nitrogens with zero attached hydrogens (tertiary/aromatic N) is 3. The van der Waals surface area contributed by atoms with Gasteiger partial charge < -0.3 is 0 Å². The second-order valence-electron chi connectivity index (χ2n) is 4.67. The zero-order valence-electron chi connectivity index (χ0n) is 11.1. The van der Waals surface area contributed by atoms with Crippen LogP contribution < -0.4 is 0 Å². The predicted molar refractivity (Wildman–Crippen MR) is 73.1 cm³/mol. The van der Waals surface area contributed by atoms with Crippen molar-refractivity contribution in [2.24, 2.45) is 0 Å². The molecule has 3 rings (SSSR count). The molecule has 0 spiro atoms. The molecule has 2 heterocycles. The average molecular weight is 330 g/mol. The van der Waals surface area contributed by atoms with Gasteiger partial charge in [0.25, 0.3) is 0 Å². The van der Waals surface area contributed by atoms with Gasteiger partial charge in [0.05, 0.1) is 11.4 Å². The minimum atomic E-state index is -4.63. The molecule has 0 unspecified atom stereocenters. The van der Waals surface area contributed by atoms with Crippen LogP contribution in [0.1, 0.15) is 11.4 Å². The fraction of sp³-hybridized carbons (Fsp3) is 0.143. The van der Waals surface area contributed by atoms with Crippen molar-refractivity contribution in [1.82, 2.24) is 14.6 Å². The summed E-state index contributed by atoms with van der Waals surface area (Å²) in [7, 11) is 0. The van der Waals surface area contributed by atoms with Crippen molar-refractivity contribution in [2.45, 2.75) is 13.1 Å². The van der Waals surface area contributed by atoms with Gasteiger partial charge in [0.2, 0.25) is 0 Å². The molecule has 22 heavy (non-hydrogen) atoms. The van der Waals surface area contributed by atoms with Crippen molar-refractivity contribution >= 4 is 17.2 Å². The van der Waals surface area contributed by atoms with E-state index in [2.05, 4.69) is 10.1 Å². The number of hydrogen-bond donors (Lipinski definition) is 0. The predicted octanol–water partition coefficient (Wildman–Crippen LogP) is 4.52. The van der Waals surface area contributed by atoms with E-state index >= 15 is 0 Å². The minimum Gasteiger partial charge on any atom is -0.227 e. The van der Waals surface area contributed by atoms with Gasteiger partial charge in [-0.25, -0.2) is 13.9 Å². The van der Waals surface area contributed by atoms with E-state index in [1.54, 1.807) is 0 Å². The Bertz CT molecular complexity index is 853. The maximum Gasteiger partial charge on any atom is 0.433 e. The van der Waals surface area contributed by atoms with Crippen molar-refractivity contribution in [3.8, 4) is 11.3 Å². The van der Waals surface area contributed by atoms with E-state index in [-0.39, 0.29) is 22.1 Å². The monoisotopic (exact) mass is 329 g/mol. The first-order valence-electron chi connectivity index (χ1n) is 6.16. The van der Waals surface area contributed by atoms with Crippen molar-refractivity contribution in [2.75, 3.05) is 0 Å². The number of fused-ring (bicyclic) bond motifs is 1. The van der Waals surface area contributed by atoms with Gasteiger partial charge in [-0.3, -0.25) is 0 Å². The molecule has 0 saturated heterocycles. The standard InChI is InChI=1S/C14H8ClF4N3/c1-7-12(15)13-20-10(8-2-4-9(16)5-3-8)6-11(14(17,18)19)22(13)21-7/h2-6H,1H3. The van der Waals surface area contributed by atoms with E-state index < -0.39 is 17.7 Å². The van der Waals surface area contributed by atoms with Gasteiger partial charge in [-0.15, -0.1) is 0 Å². The van der Waals surface area contributed by atoms with Gasteiger partial charge in [-0.2, -0.15) is 18.3 Å². The van der Waals surface area contributed by atoms with Crippen molar-refractivity contribution in [3.05, 3.63) is 52.6 Å². The van der Waals surface area contributed by atoms with Crippen LogP contribution in [-0.4, -0.2) is 14.6 Å². The van der Waals surface area contributed by atoms with Crippen molar-refractivity contribution in [3.63, 3.8) is 0 Å². The Labute approximate surface area is 127 Å². The van der Waals surface area contributed by atoms with Crippen LogP contribution in [0.3, 0.4) is 0 Å². The van der Waals surface area contributed by atoms with Gasteiger partial charge in [-0.05, 0) is 37.3 Å². The Kier molecular flexibility index (Phi) is 3.32. The van der Waals surface area contributed by atoms with E-state index in [0.29, 0.717) is 10.1 Å². The molecule has 0 aliphatic heterocycles. The van der Waals surface area contributed by atoms with E-state index in [9.17, 15) is 17.6 Å². The number of benzene rings is 1. The fourth-order valence-electron chi connectivity index (χ4n) is 2.07. The molecule has 0 fully saturated rings. The molecule has 114 valence electrons. The van der Waals surface area contributed by atoms with Crippen molar-refractivity contribution in [1.29, 1.82) is 0 Å². The summed E-state index contributed by atoms with van der Waals surface area (Å²) >= 11 is 5.98. The Balaban J connectivity index is 2.33. The van der Waals surface area contributed by atoms with E-state index in [1.165, 1.54) is 19.1 Å². The first-order chi connectivity index (χ1) is 10.3. The highest BCUT2D eigenvalue weighted by atomic mass is 35.5. The lowest BCUT2D eigenvalue weighted by Crippen LogP contribution is -2.13. The minimum absolute atomic E-state index is 0.0432. The number of aromatic nitrogens is 3. The topological polar surface area (TPSA) is 30.2 Å². The van der Waals surface area contributed by atoms with Crippen LogP contribution in [0.5, 0.6) is 0 Å². The molecular formula is C14H8ClF4N3. The maximum atomic E-state index is 13.2. The molecular weight excluding hydrogens is 322 g/mol. The zero-order valence-corrected chi connectivity index (χ0v) is 11.9. The Morgan fingerprint density at radius 2 is 1.77 bits per heavy atom. The van der Waals surface area contributed by atoms with Crippen LogP contribution in [0.4, 0.5) is 17.6 Å². The molecule has 1 aromatic carbocycles. The van der Waals surface area contributed by atoms with Gasteiger partial charge in [0.1, 0.15) is 10.8 Å². The number of rotatable bonds is 1. The largest absolute Gasteiger partial charge is 0.433 e. The van der Waals surface area contributed by atoms with E-state index in [0.717, 1.165) is 18.2 Å². The summed E-state index contributed by atoms with van der Waals surface area (Å²) in [6, 6.07) is 5.87. The van der Waals surface area contributed by atoms with Crippen LogP contribution in [0.15, 0.2) is 30.3 Å². The SMILES string of the molecule is Cc1nn2c(C(F)(F)F)cc(-c3ccc(F)cc3)nc2c1Cl. The van der Waals surface area contributed by atoms with Gasteiger partial charge >= 0.3 is 6.18 Å². The molecule has 0 aliphatic carbocycles. The Hall–Kier alpha value is -2.15. The summed E-state index contributed by atoms with van der Waals surface area (Å²) in [5.41, 5.74) is -0.443. The summed E-state index contributed by atoms with van der Waals surface area (Å²) in [5, 5.41) is 3.82. The van der Waals surface area contributed by atoms with E-state index in [1.807, 2.05) is 0 Å². The smallest absolute Gasteiger partial charge is 0.227 e. The van der Waals surface area contributed by atoms with E-state index in [4.69, 9.17) is 11.6 Å². The second-order valence-corrected chi connectivity index (χ2v) is 5.04. The molecule has 0 amide bonds. The lowest BCUT2D eigenvalue weighted by molar-refractivity contribution is -0.142. The molecule has 2 aromatic heterocycles. The average Bonchev–Trinajstić information content (AvgIpc) is 2.73. The van der Waals surface area contributed by atoms with Crippen LogP contribution >= 0.6 is 11.6 Å². The lowest BCUT2D eigenvalue weighted by Gasteiger charge is -2.11. The van der Waals surface area contributed by atoms with Crippen LogP contribution in [0, 0.1) is 12.7 Å². The third kappa shape index (κ3) is 2.41. The number of alkyl halides is 3. The quantitative estimate of drug-likeness (QED) is 0.615. The summed E-state index contributed by atoms with van der Waals surface area (Å²) in [6.45, 7) is 1.49. The molecule has 0 saturated carbocycles. The second kappa shape index (κ2) is 4.95. The van der Waals surface area contributed by atoms with Gasteiger partial charge in [0, 0.05) is 5.56 Å². The summed E-state index contributed by atoms with van der Waals surface area (Å²) in [5.74, 6) is -0.487. The summed E-state index contributed by atoms with van der Waals surface area (Å²) in [4.78, 5) is 4.12. The molecule has 3 nitrogen and oxygen atoms in total.